The first kappa shape index (κ1) is 16.9. The topological polar surface area (TPSA) is 21.3 Å². The molecule has 1 saturated carbocycles. The zero-order valence-electron chi connectivity index (χ0n) is 13.8. The Labute approximate surface area is 134 Å². The maximum Gasteiger partial charge on any atom is 0.0582 e. The average molecular weight is 308 g/mol. The lowest BCUT2D eigenvalue weighted by Crippen LogP contribution is -2.35. The summed E-state index contributed by atoms with van der Waals surface area (Å²) in [5.41, 5.74) is 1.53. The van der Waals surface area contributed by atoms with Crippen LogP contribution in [0.5, 0.6) is 0 Å². The molecule has 2 unspecified atom stereocenters. The molecule has 2 nitrogen and oxygen atoms in total. The van der Waals surface area contributed by atoms with Gasteiger partial charge in [-0.2, -0.15) is 0 Å². The number of benzene rings is 1. The highest BCUT2D eigenvalue weighted by molar-refractivity contribution is 8.00. The van der Waals surface area contributed by atoms with Crippen LogP contribution in [0.1, 0.15) is 52.0 Å². The molecule has 0 amide bonds. The summed E-state index contributed by atoms with van der Waals surface area (Å²) in [4.78, 5) is 1.39. The van der Waals surface area contributed by atoms with E-state index in [1.54, 1.807) is 0 Å². The van der Waals surface area contributed by atoms with Crippen LogP contribution >= 0.6 is 11.8 Å². The summed E-state index contributed by atoms with van der Waals surface area (Å²) >= 11 is 2.02. The number of hydrogen-bond acceptors (Lipinski definition) is 3. The van der Waals surface area contributed by atoms with Gasteiger partial charge in [0.05, 0.1) is 6.10 Å². The number of nitrogens with one attached hydrogen (secondary N) is 1. The summed E-state index contributed by atoms with van der Waals surface area (Å²) < 4.78 is 5.52. The first-order valence-corrected chi connectivity index (χ1v) is 8.87. The van der Waals surface area contributed by atoms with Crippen molar-refractivity contribution >= 4 is 11.8 Å². The van der Waals surface area contributed by atoms with E-state index in [4.69, 9.17) is 4.74 Å². The normalized spacial score (nSPS) is 23.2. The lowest BCUT2D eigenvalue weighted by atomic mass is 9.97. The summed E-state index contributed by atoms with van der Waals surface area (Å²) in [5.74, 6) is 0. The van der Waals surface area contributed by atoms with E-state index in [2.05, 4.69) is 50.4 Å². The maximum absolute atomic E-state index is 5.52. The van der Waals surface area contributed by atoms with Crippen LogP contribution in [0.2, 0.25) is 0 Å². The van der Waals surface area contributed by atoms with Crippen molar-refractivity contribution < 1.29 is 4.74 Å². The van der Waals surface area contributed by atoms with Crippen molar-refractivity contribution in [2.75, 3.05) is 7.11 Å². The molecule has 118 valence electrons. The van der Waals surface area contributed by atoms with Gasteiger partial charge < -0.3 is 10.1 Å². The SMILES string of the molecule is COC1CCCC(Sc2ccc(CNC(C)(C)C)cc2)C1. The largest absolute Gasteiger partial charge is 0.381 e. The molecular weight excluding hydrogens is 278 g/mol. The second kappa shape index (κ2) is 7.66. The van der Waals surface area contributed by atoms with Gasteiger partial charge in [0.2, 0.25) is 0 Å². The number of hydrogen-bond donors (Lipinski definition) is 1. The molecule has 21 heavy (non-hydrogen) atoms. The fourth-order valence-corrected chi connectivity index (χ4v) is 3.94. The molecule has 0 bridgehead atoms. The standard InChI is InChI=1S/C18H29NOS/c1-18(2,3)19-13-14-8-10-16(11-9-14)21-17-7-5-6-15(12-17)20-4/h8-11,15,17,19H,5-7,12-13H2,1-4H3. The van der Waals surface area contributed by atoms with Crippen molar-refractivity contribution in [1.82, 2.24) is 5.32 Å². The Morgan fingerprint density at radius 2 is 1.90 bits per heavy atom. The van der Waals surface area contributed by atoms with Crippen molar-refractivity contribution in [2.45, 2.75) is 74.8 Å². The molecular formula is C18H29NOS. The smallest absolute Gasteiger partial charge is 0.0582 e. The molecule has 0 radical (unpaired) electrons. The first-order chi connectivity index (χ1) is 9.96. The van der Waals surface area contributed by atoms with Gasteiger partial charge in [0.1, 0.15) is 0 Å². The molecule has 0 saturated heterocycles. The Hall–Kier alpha value is -0.510. The molecule has 0 heterocycles. The molecule has 1 aromatic rings. The molecule has 1 aliphatic rings. The molecule has 2 atom stereocenters. The number of methoxy groups -OCH3 is 1. The van der Waals surface area contributed by atoms with E-state index in [0.717, 1.165) is 6.54 Å². The highest BCUT2D eigenvalue weighted by atomic mass is 32.2. The summed E-state index contributed by atoms with van der Waals surface area (Å²) in [6.45, 7) is 7.54. The fraction of sp³-hybridized carbons (Fsp3) is 0.667. The van der Waals surface area contributed by atoms with Gasteiger partial charge in [0.25, 0.3) is 0 Å². The van der Waals surface area contributed by atoms with E-state index in [0.29, 0.717) is 11.4 Å². The van der Waals surface area contributed by atoms with E-state index >= 15 is 0 Å². The van der Waals surface area contributed by atoms with Crippen molar-refractivity contribution in [3.05, 3.63) is 29.8 Å². The Kier molecular flexibility index (Phi) is 6.15. The third kappa shape index (κ3) is 6.01. The summed E-state index contributed by atoms with van der Waals surface area (Å²) in [7, 11) is 1.84. The first-order valence-electron chi connectivity index (χ1n) is 8.00. The number of rotatable bonds is 5. The predicted molar refractivity (Wildman–Crippen MR) is 91.9 cm³/mol. The summed E-state index contributed by atoms with van der Waals surface area (Å²) in [6, 6.07) is 9.02. The minimum Gasteiger partial charge on any atom is -0.381 e. The van der Waals surface area contributed by atoms with Gasteiger partial charge in [-0.25, -0.2) is 0 Å². The van der Waals surface area contributed by atoms with Crippen LogP contribution < -0.4 is 5.32 Å². The maximum atomic E-state index is 5.52. The third-order valence-electron chi connectivity index (χ3n) is 3.96. The van der Waals surface area contributed by atoms with E-state index in [-0.39, 0.29) is 5.54 Å². The van der Waals surface area contributed by atoms with Gasteiger partial charge in [-0.05, 0) is 64.2 Å². The van der Waals surface area contributed by atoms with Gasteiger partial charge in [-0.15, -0.1) is 11.8 Å². The van der Waals surface area contributed by atoms with Crippen LogP contribution in [0, 0.1) is 0 Å². The van der Waals surface area contributed by atoms with Crippen LogP contribution in [-0.4, -0.2) is 24.0 Å². The molecule has 3 heteroatoms. The summed E-state index contributed by atoms with van der Waals surface area (Å²) in [5, 5.41) is 4.24. The highest BCUT2D eigenvalue weighted by Gasteiger charge is 2.22. The summed E-state index contributed by atoms with van der Waals surface area (Å²) in [6.07, 6.45) is 5.49. The van der Waals surface area contributed by atoms with Crippen LogP contribution in [0.25, 0.3) is 0 Å². The molecule has 0 aliphatic heterocycles. The monoisotopic (exact) mass is 307 g/mol. The van der Waals surface area contributed by atoms with E-state index in [9.17, 15) is 0 Å². The lowest BCUT2D eigenvalue weighted by molar-refractivity contribution is 0.0730. The quantitative estimate of drug-likeness (QED) is 0.857. The van der Waals surface area contributed by atoms with Crippen molar-refractivity contribution in [1.29, 1.82) is 0 Å². The van der Waals surface area contributed by atoms with Crippen LogP contribution in [0.4, 0.5) is 0 Å². The minimum absolute atomic E-state index is 0.171. The van der Waals surface area contributed by atoms with E-state index in [1.807, 2.05) is 18.9 Å². The number of thioether (sulfide) groups is 1. The Morgan fingerprint density at radius 1 is 1.19 bits per heavy atom. The molecule has 2 rings (SSSR count). The van der Waals surface area contributed by atoms with Gasteiger partial charge in [0, 0.05) is 29.3 Å². The third-order valence-corrected chi connectivity index (χ3v) is 5.27. The van der Waals surface area contributed by atoms with Gasteiger partial charge >= 0.3 is 0 Å². The zero-order valence-corrected chi connectivity index (χ0v) is 14.6. The Bertz CT molecular complexity index is 424. The Morgan fingerprint density at radius 3 is 2.52 bits per heavy atom. The van der Waals surface area contributed by atoms with Crippen molar-refractivity contribution in [2.24, 2.45) is 0 Å². The van der Waals surface area contributed by atoms with Crippen molar-refractivity contribution in [3.8, 4) is 0 Å². The molecule has 1 N–H and O–H groups in total. The molecule has 0 aromatic heterocycles. The number of ether oxygens (including phenoxy) is 1. The van der Waals surface area contributed by atoms with Gasteiger partial charge in [-0.3, -0.25) is 0 Å². The molecule has 1 fully saturated rings. The second-order valence-electron chi connectivity index (χ2n) is 7.01. The Balaban J connectivity index is 1.84. The zero-order chi connectivity index (χ0) is 15.3. The minimum atomic E-state index is 0.171. The van der Waals surface area contributed by atoms with Crippen LogP contribution in [0.15, 0.2) is 29.2 Å². The molecule has 1 aromatic carbocycles. The van der Waals surface area contributed by atoms with Crippen molar-refractivity contribution in [3.63, 3.8) is 0 Å². The second-order valence-corrected chi connectivity index (χ2v) is 8.39. The van der Waals surface area contributed by atoms with Crippen LogP contribution in [0.3, 0.4) is 0 Å². The van der Waals surface area contributed by atoms with Crippen LogP contribution in [-0.2, 0) is 11.3 Å². The highest BCUT2D eigenvalue weighted by Crippen LogP contribution is 2.34. The van der Waals surface area contributed by atoms with E-state index < -0.39 is 0 Å². The van der Waals surface area contributed by atoms with E-state index in [1.165, 1.54) is 36.1 Å². The molecule has 1 aliphatic carbocycles. The lowest BCUT2D eigenvalue weighted by Gasteiger charge is -2.27. The fourth-order valence-electron chi connectivity index (χ4n) is 2.67. The van der Waals surface area contributed by atoms with Gasteiger partial charge in [0.15, 0.2) is 0 Å². The predicted octanol–water partition coefficient (Wildman–Crippen LogP) is 4.62. The molecule has 0 spiro atoms. The van der Waals surface area contributed by atoms with Gasteiger partial charge in [-0.1, -0.05) is 12.1 Å². The average Bonchev–Trinajstić information content (AvgIpc) is 2.46.